The van der Waals surface area contributed by atoms with Crippen molar-refractivity contribution >= 4 is 5.91 Å². The normalized spacial score (nSPS) is 26.9. The van der Waals surface area contributed by atoms with Crippen molar-refractivity contribution in [3.05, 3.63) is 35.4 Å². The number of ether oxygens (including phenoxy) is 1. The molecule has 1 saturated heterocycles. The summed E-state index contributed by atoms with van der Waals surface area (Å²) in [6, 6.07) is 8.22. The van der Waals surface area contributed by atoms with Crippen molar-refractivity contribution < 1.29 is 9.53 Å². The van der Waals surface area contributed by atoms with Gasteiger partial charge in [-0.25, -0.2) is 0 Å². The quantitative estimate of drug-likeness (QED) is 0.823. The van der Waals surface area contributed by atoms with Gasteiger partial charge in [0, 0.05) is 13.1 Å². The van der Waals surface area contributed by atoms with Crippen molar-refractivity contribution in [2.24, 2.45) is 0 Å². The summed E-state index contributed by atoms with van der Waals surface area (Å²) in [5, 5.41) is 3.36. The highest BCUT2D eigenvalue weighted by atomic mass is 16.5. The number of carbonyl (C=O) groups is 1. The maximum atomic E-state index is 12.7. The topological polar surface area (TPSA) is 41.6 Å². The van der Waals surface area contributed by atoms with Gasteiger partial charge in [-0.3, -0.25) is 4.79 Å². The third kappa shape index (κ3) is 2.38. The molecule has 3 rings (SSSR count). The van der Waals surface area contributed by atoms with E-state index in [1.54, 1.807) is 0 Å². The average molecular weight is 260 g/mol. The molecule has 0 aliphatic carbocycles. The van der Waals surface area contributed by atoms with E-state index in [-0.39, 0.29) is 18.0 Å². The number of rotatable bonds is 1. The number of carbonyl (C=O) groups excluding carboxylic acids is 1. The third-order valence-corrected chi connectivity index (χ3v) is 4.01. The van der Waals surface area contributed by atoms with E-state index in [0.717, 1.165) is 18.5 Å². The Bertz CT molecular complexity index is 475. The molecule has 2 unspecified atom stereocenters. The van der Waals surface area contributed by atoms with E-state index in [4.69, 9.17) is 4.74 Å². The number of nitrogens with zero attached hydrogens (tertiary/aromatic N) is 1. The predicted octanol–water partition coefficient (Wildman–Crippen LogP) is 1.12. The molecule has 1 N–H and O–H groups in total. The summed E-state index contributed by atoms with van der Waals surface area (Å²) in [5.41, 5.74) is 2.43. The lowest BCUT2D eigenvalue weighted by molar-refractivity contribution is -0.141. The van der Waals surface area contributed by atoms with E-state index >= 15 is 0 Å². The van der Waals surface area contributed by atoms with Crippen LogP contribution in [0.4, 0.5) is 0 Å². The van der Waals surface area contributed by atoms with Crippen LogP contribution in [0, 0.1) is 0 Å². The van der Waals surface area contributed by atoms with E-state index in [9.17, 15) is 4.79 Å². The Hall–Kier alpha value is -1.39. The second-order valence-electron chi connectivity index (χ2n) is 5.29. The van der Waals surface area contributed by atoms with E-state index < -0.39 is 0 Å². The summed E-state index contributed by atoms with van der Waals surface area (Å²) in [4.78, 5) is 14.7. The Labute approximate surface area is 113 Å². The maximum Gasteiger partial charge on any atom is 0.244 e. The van der Waals surface area contributed by atoms with Crippen molar-refractivity contribution in [2.45, 2.75) is 25.4 Å². The van der Waals surface area contributed by atoms with Crippen LogP contribution in [-0.2, 0) is 16.0 Å². The number of nitrogens with one attached hydrogen (secondary N) is 1. The second-order valence-corrected chi connectivity index (χ2v) is 5.29. The molecule has 1 amide bonds. The summed E-state index contributed by atoms with van der Waals surface area (Å²) in [7, 11) is 0. The van der Waals surface area contributed by atoms with Gasteiger partial charge in [0.2, 0.25) is 5.91 Å². The Kier molecular flexibility index (Phi) is 3.53. The van der Waals surface area contributed by atoms with E-state index in [0.29, 0.717) is 19.8 Å². The fourth-order valence-corrected chi connectivity index (χ4v) is 2.95. The Morgan fingerprint density at radius 3 is 3.11 bits per heavy atom. The molecule has 19 heavy (non-hydrogen) atoms. The molecule has 2 aliphatic rings. The van der Waals surface area contributed by atoms with Crippen LogP contribution in [0.25, 0.3) is 0 Å². The van der Waals surface area contributed by atoms with Crippen LogP contribution in [-0.4, -0.2) is 43.2 Å². The second kappa shape index (κ2) is 5.31. The van der Waals surface area contributed by atoms with Gasteiger partial charge in [-0.2, -0.15) is 0 Å². The van der Waals surface area contributed by atoms with Crippen LogP contribution >= 0.6 is 0 Å². The molecule has 1 fully saturated rings. The Morgan fingerprint density at radius 2 is 2.26 bits per heavy atom. The summed E-state index contributed by atoms with van der Waals surface area (Å²) < 4.78 is 5.40. The number of hydrogen-bond donors (Lipinski definition) is 1. The van der Waals surface area contributed by atoms with Crippen LogP contribution in [0.15, 0.2) is 24.3 Å². The van der Waals surface area contributed by atoms with Gasteiger partial charge in [0.15, 0.2) is 0 Å². The van der Waals surface area contributed by atoms with Crippen LogP contribution in [0.2, 0.25) is 0 Å². The lowest BCUT2D eigenvalue weighted by atomic mass is 9.93. The zero-order valence-corrected chi connectivity index (χ0v) is 11.3. The standard InChI is InChI=1S/C15H20N2O2/c1-11-10-19-9-8-17(11)15(18)14-13-5-3-2-4-12(13)6-7-16-14/h2-5,11,14,16H,6-10H2,1H3. The lowest BCUT2D eigenvalue weighted by Gasteiger charge is -2.37. The zero-order valence-electron chi connectivity index (χ0n) is 11.3. The fraction of sp³-hybridized carbons (Fsp3) is 0.533. The molecule has 2 aliphatic heterocycles. The third-order valence-electron chi connectivity index (χ3n) is 4.01. The molecule has 0 bridgehead atoms. The minimum Gasteiger partial charge on any atom is -0.377 e. The van der Waals surface area contributed by atoms with Crippen molar-refractivity contribution in [2.75, 3.05) is 26.3 Å². The van der Waals surface area contributed by atoms with Gasteiger partial charge in [0.05, 0.1) is 19.3 Å². The fourth-order valence-electron chi connectivity index (χ4n) is 2.95. The number of fused-ring (bicyclic) bond motifs is 1. The first-order valence-electron chi connectivity index (χ1n) is 6.97. The van der Waals surface area contributed by atoms with Gasteiger partial charge in [0.1, 0.15) is 6.04 Å². The molecule has 0 radical (unpaired) electrons. The molecular formula is C15H20N2O2. The highest BCUT2D eigenvalue weighted by Gasteiger charge is 2.32. The van der Waals surface area contributed by atoms with Gasteiger partial charge in [0.25, 0.3) is 0 Å². The summed E-state index contributed by atoms with van der Waals surface area (Å²) >= 11 is 0. The van der Waals surface area contributed by atoms with Crippen LogP contribution in [0.5, 0.6) is 0 Å². The van der Waals surface area contributed by atoms with Crippen LogP contribution in [0.3, 0.4) is 0 Å². The first-order valence-corrected chi connectivity index (χ1v) is 6.97. The highest BCUT2D eigenvalue weighted by molar-refractivity contribution is 5.84. The molecule has 1 aromatic rings. The summed E-state index contributed by atoms with van der Waals surface area (Å²) in [6.45, 7) is 4.89. The largest absolute Gasteiger partial charge is 0.377 e. The van der Waals surface area contributed by atoms with Crippen molar-refractivity contribution in [1.82, 2.24) is 10.2 Å². The minimum atomic E-state index is -0.189. The van der Waals surface area contributed by atoms with Gasteiger partial charge in [-0.15, -0.1) is 0 Å². The highest BCUT2D eigenvalue weighted by Crippen LogP contribution is 2.25. The monoisotopic (exact) mass is 260 g/mol. The maximum absolute atomic E-state index is 12.7. The number of benzene rings is 1. The molecule has 0 aromatic heterocycles. The molecular weight excluding hydrogens is 240 g/mol. The Morgan fingerprint density at radius 1 is 1.42 bits per heavy atom. The molecule has 0 spiro atoms. The first kappa shape index (κ1) is 12.6. The lowest BCUT2D eigenvalue weighted by Crippen LogP contribution is -2.52. The number of hydrogen-bond acceptors (Lipinski definition) is 3. The van der Waals surface area contributed by atoms with Crippen molar-refractivity contribution in [3.8, 4) is 0 Å². The summed E-state index contributed by atoms with van der Waals surface area (Å²) in [5.74, 6) is 0.183. The van der Waals surface area contributed by atoms with Crippen LogP contribution < -0.4 is 5.32 Å². The van der Waals surface area contributed by atoms with Crippen molar-refractivity contribution in [3.63, 3.8) is 0 Å². The molecule has 1 aromatic carbocycles. The Balaban J connectivity index is 1.84. The van der Waals surface area contributed by atoms with Gasteiger partial charge >= 0.3 is 0 Å². The summed E-state index contributed by atoms with van der Waals surface area (Å²) in [6.07, 6.45) is 0.999. The molecule has 4 heteroatoms. The molecule has 2 atom stereocenters. The SMILES string of the molecule is CC1COCCN1C(=O)C1NCCc2ccccc21. The van der Waals surface area contributed by atoms with E-state index in [1.165, 1.54) is 5.56 Å². The number of amides is 1. The van der Waals surface area contributed by atoms with Gasteiger partial charge in [-0.1, -0.05) is 24.3 Å². The first-order chi connectivity index (χ1) is 9.27. The van der Waals surface area contributed by atoms with Crippen LogP contribution in [0.1, 0.15) is 24.1 Å². The molecule has 102 valence electrons. The van der Waals surface area contributed by atoms with E-state index in [2.05, 4.69) is 17.4 Å². The van der Waals surface area contributed by atoms with Gasteiger partial charge in [-0.05, 0) is 24.5 Å². The number of morpholine rings is 1. The molecule has 2 heterocycles. The average Bonchev–Trinajstić information content (AvgIpc) is 2.46. The van der Waals surface area contributed by atoms with Gasteiger partial charge < -0.3 is 15.0 Å². The minimum absolute atomic E-state index is 0.164. The molecule has 4 nitrogen and oxygen atoms in total. The van der Waals surface area contributed by atoms with Crippen molar-refractivity contribution in [1.29, 1.82) is 0 Å². The van der Waals surface area contributed by atoms with E-state index in [1.807, 2.05) is 24.0 Å². The molecule has 0 saturated carbocycles. The zero-order chi connectivity index (χ0) is 13.2. The predicted molar refractivity (Wildman–Crippen MR) is 72.9 cm³/mol. The smallest absolute Gasteiger partial charge is 0.244 e.